The van der Waals surface area contributed by atoms with Gasteiger partial charge in [0.2, 0.25) is 5.78 Å². The van der Waals surface area contributed by atoms with E-state index in [-0.39, 0.29) is 18.2 Å². The molecule has 1 unspecified atom stereocenters. The summed E-state index contributed by atoms with van der Waals surface area (Å²) in [4.78, 5) is 38.9. The highest BCUT2D eigenvalue weighted by Gasteiger charge is 2.42. The predicted molar refractivity (Wildman–Crippen MR) is 90.5 cm³/mol. The summed E-state index contributed by atoms with van der Waals surface area (Å²) in [7, 11) is 0. The van der Waals surface area contributed by atoms with Crippen LogP contribution in [-0.4, -0.2) is 40.8 Å². The van der Waals surface area contributed by atoms with Crippen LogP contribution in [0.15, 0.2) is 41.8 Å². The number of carboxylic acid groups (broad SMARTS) is 1. The van der Waals surface area contributed by atoms with Gasteiger partial charge in [-0.3, -0.25) is 14.4 Å². The van der Waals surface area contributed by atoms with Crippen LogP contribution in [0.4, 0.5) is 0 Å². The smallest absolute Gasteiger partial charge is 0.311 e. The number of nitrogens with zero attached hydrogens (tertiary/aromatic N) is 1. The fraction of sp³-hybridized carbons (Fsp3) is 0.278. The number of ketones is 1. The number of benzene rings is 1. The number of carbonyl (C=O) groups is 3. The molecular weight excluding hydrogens is 326 g/mol. The molecule has 124 valence electrons. The standard InChI is InChI=1S/C18H17NO4S/c1-18(17(22)23)8-9-19(11-18)16(21)13-6-3-2-5-12(13)15(20)14-7-4-10-24-14/h2-7,10H,8-9,11H2,1H3,(H,22,23). The maximum atomic E-state index is 12.8. The van der Waals surface area contributed by atoms with Gasteiger partial charge in [0.05, 0.1) is 15.9 Å². The largest absolute Gasteiger partial charge is 0.481 e. The van der Waals surface area contributed by atoms with Crippen LogP contribution < -0.4 is 0 Å². The van der Waals surface area contributed by atoms with Gasteiger partial charge in [-0.1, -0.05) is 24.3 Å². The lowest BCUT2D eigenvalue weighted by Crippen LogP contribution is -2.35. The average molecular weight is 343 g/mol. The molecule has 1 aromatic carbocycles. The van der Waals surface area contributed by atoms with Crippen LogP contribution in [0.2, 0.25) is 0 Å². The summed E-state index contributed by atoms with van der Waals surface area (Å²) < 4.78 is 0. The van der Waals surface area contributed by atoms with Crippen LogP contribution in [0.1, 0.15) is 38.9 Å². The lowest BCUT2D eigenvalue weighted by atomic mass is 9.90. The summed E-state index contributed by atoms with van der Waals surface area (Å²) in [5.74, 6) is -1.38. The molecule has 24 heavy (non-hydrogen) atoms. The van der Waals surface area contributed by atoms with Crippen molar-refractivity contribution in [2.75, 3.05) is 13.1 Å². The first-order valence-electron chi connectivity index (χ1n) is 7.62. The number of amides is 1. The number of thiophene rings is 1. The molecule has 1 N–H and O–H groups in total. The van der Waals surface area contributed by atoms with E-state index >= 15 is 0 Å². The van der Waals surface area contributed by atoms with E-state index in [9.17, 15) is 19.5 Å². The molecule has 0 radical (unpaired) electrons. The number of hydrogen-bond donors (Lipinski definition) is 1. The summed E-state index contributed by atoms with van der Waals surface area (Å²) in [5, 5.41) is 11.1. The fourth-order valence-corrected chi connectivity index (χ4v) is 3.57. The van der Waals surface area contributed by atoms with Crippen molar-refractivity contribution in [3.05, 3.63) is 57.8 Å². The summed E-state index contributed by atoms with van der Waals surface area (Å²) >= 11 is 1.33. The van der Waals surface area contributed by atoms with Gasteiger partial charge in [0, 0.05) is 18.7 Å². The second kappa shape index (κ2) is 6.20. The molecule has 0 saturated carbocycles. The molecule has 5 nitrogen and oxygen atoms in total. The maximum Gasteiger partial charge on any atom is 0.311 e. The number of carboxylic acids is 1. The molecular formula is C18H17NO4S. The topological polar surface area (TPSA) is 74.7 Å². The summed E-state index contributed by atoms with van der Waals surface area (Å²) in [6.07, 6.45) is 0.412. The van der Waals surface area contributed by atoms with E-state index in [2.05, 4.69) is 0 Å². The Balaban J connectivity index is 1.89. The van der Waals surface area contributed by atoms with Crippen molar-refractivity contribution < 1.29 is 19.5 Å². The Labute approximate surface area is 143 Å². The normalized spacial score (nSPS) is 20.1. The van der Waals surface area contributed by atoms with Crippen molar-refractivity contribution in [1.29, 1.82) is 0 Å². The number of hydrogen-bond acceptors (Lipinski definition) is 4. The van der Waals surface area contributed by atoms with E-state index in [1.54, 1.807) is 43.3 Å². The van der Waals surface area contributed by atoms with Gasteiger partial charge in [-0.15, -0.1) is 11.3 Å². The third-order valence-corrected chi connectivity index (χ3v) is 5.29. The van der Waals surface area contributed by atoms with Gasteiger partial charge in [-0.25, -0.2) is 0 Å². The minimum absolute atomic E-state index is 0.155. The first-order valence-corrected chi connectivity index (χ1v) is 8.50. The van der Waals surface area contributed by atoms with E-state index in [4.69, 9.17) is 0 Å². The Morgan fingerprint density at radius 2 is 1.83 bits per heavy atom. The van der Waals surface area contributed by atoms with Crippen LogP contribution in [0, 0.1) is 5.41 Å². The SMILES string of the molecule is CC1(C(=O)O)CCN(C(=O)c2ccccc2C(=O)c2cccs2)C1. The molecule has 3 rings (SSSR count). The molecule has 1 aliphatic rings. The molecule has 1 amide bonds. The van der Waals surface area contributed by atoms with Gasteiger partial charge in [-0.05, 0) is 30.9 Å². The van der Waals surface area contributed by atoms with Crippen LogP contribution in [0.5, 0.6) is 0 Å². The molecule has 1 aliphatic heterocycles. The molecule has 1 atom stereocenters. The number of rotatable bonds is 4. The third-order valence-electron chi connectivity index (χ3n) is 4.42. The lowest BCUT2D eigenvalue weighted by molar-refractivity contribution is -0.147. The molecule has 1 saturated heterocycles. The third kappa shape index (κ3) is 2.85. The molecule has 0 bridgehead atoms. The molecule has 2 aromatic rings. The highest BCUT2D eigenvalue weighted by molar-refractivity contribution is 7.12. The summed E-state index contributed by atoms with van der Waals surface area (Å²) in [6, 6.07) is 10.2. The Morgan fingerprint density at radius 3 is 2.42 bits per heavy atom. The first kappa shape index (κ1) is 16.4. The highest BCUT2D eigenvalue weighted by atomic mass is 32.1. The Bertz CT molecular complexity index is 799. The molecule has 6 heteroatoms. The first-order chi connectivity index (χ1) is 11.4. The van der Waals surface area contributed by atoms with Gasteiger partial charge in [0.25, 0.3) is 5.91 Å². The van der Waals surface area contributed by atoms with Gasteiger partial charge in [0.15, 0.2) is 0 Å². The van der Waals surface area contributed by atoms with Crippen LogP contribution >= 0.6 is 11.3 Å². The second-order valence-electron chi connectivity index (χ2n) is 6.19. The molecule has 1 fully saturated rings. The van der Waals surface area contributed by atoms with Gasteiger partial charge in [-0.2, -0.15) is 0 Å². The lowest BCUT2D eigenvalue weighted by Gasteiger charge is -2.21. The molecule has 2 heterocycles. The zero-order valence-corrected chi connectivity index (χ0v) is 14.0. The maximum absolute atomic E-state index is 12.8. The van der Waals surface area contributed by atoms with Crippen molar-refractivity contribution in [3.63, 3.8) is 0 Å². The van der Waals surface area contributed by atoms with Crippen LogP contribution in [0.25, 0.3) is 0 Å². The van der Waals surface area contributed by atoms with Crippen molar-refractivity contribution in [2.24, 2.45) is 5.41 Å². The highest BCUT2D eigenvalue weighted by Crippen LogP contribution is 2.31. The minimum atomic E-state index is -0.928. The van der Waals surface area contributed by atoms with E-state index in [1.165, 1.54) is 16.2 Å². The molecule has 0 aliphatic carbocycles. The zero-order valence-electron chi connectivity index (χ0n) is 13.2. The fourth-order valence-electron chi connectivity index (χ4n) is 2.89. The van der Waals surface area contributed by atoms with Crippen molar-refractivity contribution >= 4 is 29.0 Å². The number of aliphatic carboxylic acids is 1. The van der Waals surface area contributed by atoms with Gasteiger partial charge in [0.1, 0.15) is 0 Å². The summed E-state index contributed by atoms with van der Waals surface area (Å²) in [5.41, 5.74) is -0.248. The van der Waals surface area contributed by atoms with Crippen molar-refractivity contribution in [3.8, 4) is 0 Å². The zero-order chi connectivity index (χ0) is 17.3. The average Bonchev–Trinajstić information content (AvgIpc) is 3.24. The monoisotopic (exact) mass is 343 g/mol. The Morgan fingerprint density at radius 1 is 1.12 bits per heavy atom. The number of likely N-dealkylation sites (tertiary alicyclic amines) is 1. The second-order valence-corrected chi connectivity index (χ2v) is 7.14. The molecule has 0 spiro atoms. The van der Waals surface area contributed by atoms with E-state index in [0.717, 1.165) is 0 Å². The van der Waals surface area contributed by atoms with E-state index in [0.29, 0.717) is 29.0 Å². The quantitative estimate of drug-likeness (QED) is 0.866. The van der Waals surface area contributed by atoms with Crippen molar-refractivity contribution in [1.82, 2.24) is 4.90 Å². The predicted octanol–water partition coefficient (Wildman–Crippen LogP) is 2.92. The van der Waals surface area contributed by atoms with Gasteiger partial charge >= 0.3 is 5.97 Å². The Hall–Kier alpha value is -2.47. The van der Waals surface area contributed by atoms with Crippen molar-refractivity contribution in [2.45, 2.75) is 13.3 Å². The molecule has 1 aromatic heterocycles. The van der Waals surface area contributed by atoms with Crippen LogP contribution in [0.3, 0.4) is 0 Å². The Kier molecular flexibility index (Phi) is 4.24. The van der Waals surface area contributed by atoms with Gasteiger partial charge < -0.3 is 10.0 Å². The minimum Gasteiger partial charge on any atom is -0.481 e. The van der Waals surface area contributed by atoms with E-state index < -0.39 is 11.4 Å². The number of carbonyl (C=O) groups excluding carboxylic acids is 2. The van der Waals surface area contributed by atoms with Crippen LogP contribution in [-0.2, 0) is 4.79 Å². The summed E-state index contributed by atoms with van der Waals surface area (Å²) in [6.45, 7) is 2.18. The van der Waals surface area contributed by atoms with E-state index in [1.807, 2.05) is 5.38 Å².